The SMILES string of the molecule is O=C(Cc1ccccc1F)N1CCC2(CC1)CC(OCCOCc1ccccc1)CCO2. The monoisotopic (exact) mass is 441 g/mol. The van der Waals surface area contributed by atoms with Crippen molar-refractivity contribution in [2.24, 2.45) is 0 Å². The molecule has 2 fully saturated rings. The van der Waals surface area contributed by atoms with E-state index >= 15 is 0 Å². The molecule has 2 aromatic rings. The van der Waals surface area contributed by atoms with E-state index in [2.05, 4.69) is 12.1 Å². The number of likely N-dealkylation sites (tertiary alicyclic amines) is 1. The Hall–Kier alpha value is -2.28. The van der Waals surface area contributed by atoms with Crippen LogP contribution in [0.3, 0.4) is 0 Å². The van der Waals surface area contributed by atoms with E-state index in [9.17, 15) is 9.18 Å². The molecule has 1 unspecified atom stereocenters. The first kappa shape index (κ1) is 22.9. The molecule has 1 amide bonds. The summed E-state index contributed by atoms with van der Waals surface area (Å²) in [4.78, 5) is 14.5. The van der Waals surface area contributed by atoms with E-state index in [0.29, 0.717) is 45.1 Å². The number of halogens is 1. The number of hydrogen-bond acceptors (Lipinski definition) is 4. The number of carbonyl (C=O) groups is 1. The number of rotatable bonds is 8. The highest BCUT2D eigenvalue weighted by Gasteiger charge is 2.41. The van der Waals surface area contributed by atoms with Crippen LogP contribution in [0.2, 0.25) is 0 Å². The molecule has 2 heterocycles. The van der Waals surface area contributed by atoms with Gasteiger partial charge in [0.2, 0.25) is 5.91 Å². The Morgan fingerprint density at radius 3 is 2.59 bits per heavy atom. The number of piperidine rings is 1. The molecule has 0 bridgehead atoms. The molecular formula is C26H32FNO4. The average Bonchev–Trinajstić information content (AvgIpc) is 2.82. The highest BCUT2D eigenvalue weighted by atomic mass is 19.1. The van der Waals surface area contributed by atoms with Gasteiger partial charge in [0.05, 0.1) is 37.9 Å². The Morgan fingerprint density at radius 1 is 1.06 bits per heavy atom. The van der Waals surface area contributed by atoms with Crippen LogP contribution in [0.5, 0.6) is 0 Å². The van der Waals surface area contributed by atoms with Gasteiger partial charge in [-0.2, -0.15) is 0 Å². The number of benzene rings is 2. The zero-order valence-corrected chi connectivity index (χ0v) is 18.5. The van der Waals surface area contributed by atoms with E-state index in [0.717, 1.165) is 31.2 Å². The number of nitrogens with zero attached hydrogens (tertiary/aromatic N) is 1. The van der Waals surface area contributed by atoms with E-state index in [1.165, 1.54) is 6.07 Å². The lowest BCUT2D eigenvalue weighted by atomic mass is 9.83. The third kappa shape index (κ3) is 6.15. The fourth-order valence-corrected chi connectivity index (χ4v) is 4.59. The molecule has 5 nitrogen and oxygen atoms in total. The van der Waals surface area contributed by atoms with Crippen molar-refractivity contribution in [1.29, 1.82) is 0 Å². The Balaban J connectivity index is 1.18. The van der Waals surface area contributed by atoms with Crippen LogP contribution < -0.4 is 0 Å². The van der Waals surface area contributed by atoms with Gasteiger partial charge in [-0.3, -0.25) is 4.79 Å². The van der Waals surface area contributed by atoms with Gasteiger partial charge < -0.3 is 19.1 Å². The summed E-state index contributed by atoms with van der Waals surface area (Å²) in [7, 11) is 0. The number of amides is 1. The molecule has 32 heavy (non-hydrogen) atoms. The Labute approximate surface area is 189 Å². The van der Waals surface area contributed by atoms with Crippen LogP contribution in [-0.2, 0) is 32.0 Å². The van der Waals surface area contributed by atoms with E-state index in [1.54, 1.807) is 18.2 Å². The molecule has 2 aromatic carbocycles. The maximum Gasteiger partial charge on any atom is 0.227 e. The van der Waals surface area contributed by atoms with Gasteiger partial charge in [0.25, 0.3) is 0 Å². The topological polar surface area (TPSA) is 48.0 Å². The van der Waals surface area contributed by atoms with Gasteiger partial charge in [-0.15, -0.1) is 0 Å². The van der Waals surface area contributed by atoms with Crippen LogP contribution in [0.25, 0.3) is 0 Å². The van der Waals surface area contributed by atoms with E-state index in [4.69, 9.17) is 14.2 Å². The summed E-state index contributed by atoms with van der Waals surface area (Å²) in [5, 5.41) is 0. The van der Waals surface area contributed by atoms with Gasteiger partial charge in [-0.25, -0.2) is 4.39 Å². The fourth-order valence-electron chi connectivity index (χ4n) is 4.59. The summed E-state index contributed by atoms with van der Waals surface area (Å²) in [6, 6.07) is 16.6. The minimum atomic E-state index is -0.322. The van der Waals surface area contributed by atoms with Crippen molar-refractivity contribution < 1.29 is 23.4 Å². The highest BCUT2D eigenvalue weighted by molar-refractivity contribution is 5.79. The van der Waals surface area contributed by atoms with Crippen molar-refractivity contribution in [3.05, 3.63) is 71.5 Å². The normalized spacial score (nSPS) is 20.4. The van der Waals surface area contributed by atoms with Crippen molar-refractivity contribution in [2.75, 3.05) is 32.9 Å². The molecule has 0 radical (unpaired) electrons. The maximum absolute atomic E-state index is 13.9. The number of hydrogen-bond donors (Lipinski definition) is 0. The van der Waals surface area contributed by atoms with Gasteiger partial charge in [-0.05, 0) is 36.5 Å². The van der Waals surface area contributed by atoms with Gasteiger partial charge in [0, 0.05) is 26.1 Å². The molecule has 172 valence electrons. The molecule has 2 aliphatic heterocycles. The summed E-state index contributed by atoms with van der Waals surface area (Å²) < 4.78 is 31.9. The predicted molar refractivity (Wildman–Crippen MR) is 120 cm³/mol. The predicted octanol–water partition coefficient (Wildman–Crippen LogP) is 4.14. The Morgan fingerprint density at radius 2 is 1.81 bits per heavy atom. The molecule has 1 spiro atoms. The van der Waals surface area contributed by atoms with Gasteiger partial charge in [0.1, 0.15) is 5.82 Å². The van der Waals surface area contributed by atoms with Crippen LogP contribution in [0.4, 0.5) is 4.39 Å². The molecule has 2 saturated heterocycles. The second-order valence-electron chi connectivity index (χ2n) is 8.70. The van der Waals surface area contributed by atoms with Crippen LogP contribution in [-0.4, -0.2) is 55.4 Å². The largest absolute Gasteiger partial charge is 0.376 e. The smallest absolute Gasteiger partial charge is 0.227 e. The average molecular weight is 442 g/mol. The third-order valence-electron chi connectivity index (χ3n) is 6.47. The standard InChI is InChI=1S/C26H32FNO4/c27-24-9-5-4-8-22(24)18-25(29)28-13-11-26(12-14-28)19-23(10-15-32-26)31-17-16-30-20-21-6-2-1-3-7-21/h1-9,23H,10-20H2. The van der Waals surface area contributed by atoms with Crippen molar-refractivity contribution in [2.45, 2.75) is 50.4 Å². The molecule has 0 N–H and O–H groups in total. The van der Waals surface area contributed by atoms with Gasteiger partial charge >= 0.3 is 0 Å². The van der Waals surface area contributed by atoms with Gasteiger partial charge in [0.15, 0.2) is 0 Å². The van der Waals surface area contributed by atoms with Crippen molar-refractivity contribution >= 4 is 5.91 Å². The minimum absolute atomic E-state index is 0.0240. The van der Waals surface area contributed by atoms with Crippen molar-refractivity contribution in [3.8, 4) is 0 Å². The first-order chi connectivity index (χ1) is 15.6. The van der Waals surface area contributed by atoms with Crippen molar-refractivity contribution in [3.63, 3.8) is 0 Å². The number of carbonyl (C=O) groups excluding carboxylic acids is 1. The maximum atomic E-state index is 13.9. The van der Waals surface area contributed by atoms with E-state index in [1.807, 2.05) is 23.1 Å². The molecular weight excluding hydrogens is 409 g/mol. The molecule has 6 heteroatoms. The molecule has 0 saturated carbocycles. The Kier molecular flexibility index (Phi) is 7.90. The summed E-state index contributed by atoms with van der Waals surface area (Å²) in [5.41, 5.74) is 1.39. The second-order valence-corrected chi connectivity index (χ2v) is 8.70. The molecule has 0 aromatic heterocycles. The van der Waals surface area contributed by atoms with Crippen LogP contribution >= 0.6 is 0 Å². The van der Waals surface area contributed by atoms with Gasteiger partial charge in [-0.1, -0.05) is 48.5 Å². The quantitative estimate of drug-likeness (QED) is 0.578. The highest BCUT2D eigenvalue weighted by Crippen LogP contribution is 2.36. The summed E-state index contributed by atoms with van der Waals surface area (Å²) >= 11 is 0. The first-order valence-electron chi connectivity index (χ1n) is 11.5. The summed E-state index contributed by atoms with van der Waals surface area (Å²) in [6.45, 7) is 3.69. The zero-order chi connectivity index (χ0) is 22.2. The zero-order valence-electron chi connectivity index (χ0n) is 18.5. The third-order valence-corrected chi connectivity index (χ3v) is 6.47. The van der Waals surface area contributed by atoms with Crippen molar-refractivity contribution in [1.82, 2.24) is 4.90 Å². The molecule has 1 atom stereocenters. The lowest BCUT2D eigenvalue weighted by Crippen LogP contribution is -2.52. The second kappa shape index (κ2) is 11.0. The van der Waals surface area contributed by atoms with E-state index in [-0.39, 0.29) is 29.9 Å². The molecule has 0 aliphatic carbocycles. The molecule has 4 rings (SSSR count). The van der Waals surface area contributed by atoms with Crippen LogP contribution in [0.15, 0.2) is 54.6 Å². The lowest BCUT2D eigenvalue weighted by Gasteiger charge is -2.46. The molecule has 2 aliphatic rings. The fraction of sp³-hybridized carbons (Fsp3) is 0.500. The first-order valence-corrected chi connectivity index (χ1v) is 11.5. The number of ether oxygens (including phenoxy) is 3. The summed E-state index contributed by atoms with van der Waals surface area (Å²) in [6.07, 6.45) is 3.58. The minimum Gasteiger partial charge on any atom is -0.376 e. The van der Waals surface area contributed by atoms with Crippen LogP contribution in [0.1, 0.15) is 36.8 Å². The van der Waals surface area contributed by atoms with E-state index < -0.39 is 0 Å². The Bertz CT molecular complexity index is 867. The lowest BCUT2D eigenvalue weighted by molar-refractivity contribution is -0.163. The summed E-state index contributed by atoms with van der Waals surface area (Å²) in [5.74, 6) is -0.346. The van der Waals surface area contributed by atoms with Crippen LogP contribution in [0, 0.1) is 5.82 Å².